The third-order valence-corrected chi connectivity index (χ3v) is 5.62. The Morgan fingerprint density at radius 1 is 1.15 bits per heavy atom. The molecule has 2 N–H and O–H groups in total. The minimum atomic E-state index is -0.0771. The summed E-state index contributed by atoms with van der Waals surface area (Å²) in [7, 11) is 0. The molecule has 1 aromatic carbocycles. The van der Waals surface area contributed by atoms with Crippen LogP contribution in [0.25, 0.3) is 0 Å². The molecule has 5 nitrogen and oxygen atoms in total. The first-order valence-electron chi connectivity index (χ1n) is 9.85. The van der Waals surface area contributed by atoms with Crippen molar-refractivity contribution < 1.29 is 9.59 Å². The molecule has 0 aliphatic carbocycles. The second kappa shape index (κ2) is 11.3. The van der Waals surface area contributed by atoms with Crippen molar-refractivity contribution in [3.8, 4) is 0 Å². The number of nitrogens with zero attached hydrogens (tertiary/aromatic N) is 1. The van der Waals surface area contributed by atoms with Gasteiger partial charge < -0.3 is 15.5 Å². The fourth-order valence-corrected chi connectivity index (χ4v) is 4.36. The zero-order valence-electron chi connectivity index (χ0n) is 16.8. The summed E-state index contributed by atoms with van der Waals surface area (Å²) in [5.74, 6) is 2.07. The molecule has 0 aromatic heterocycles. The first-order valence-corrected chi connectivity index (χ1v) is 11.0. The van der Waals surface area contributed by atoms with Gasteiger partial charge in [0, 0.05) is 25.3 Å². The third kappa shape index (κ3) is 8.80. The minimum absolute atomic E-state index is 0.00346. The zero-order valence-corrected chi connectivity index (χ0v) is 17.6. The number of piperidine rings is 1. The summed E-state index contributed by atoms with van der Waals surface area (Å²) in [6.45, 7) is 10.7. The first-order chi connectivity index (χ1) is 12.9. The van der Waals surface area contributed by atoms with Crippen molar-refractivity contribution in [2.24, 2.45) is 11.8 Å². The lowest BCUT2D eigenvalue weighted by atomic mass is 9.92. The summed E-state index contributed by atoms with van der Waals surface area (Å²) in [5.41, 5.74) is 1.90. The first kappa shape index (κ1) is 21.8. The monoisotopic (exact) mass is 391 g/mol. The highest BCUT2D eigenvalue weighted by atomic mass is 32.2. The maximum Gasteiger partial charge on any atom is 0.234 e. The van der Waals surface area contributed by atoms with Gasteiger partial charge in [0.1, 0.15) is 0 Å². The fraction of sp³-hybridized carbons (Fsp3) is 0.619. The molecule has 1 aliphatic heterocycles. The van der Waals surface area contributed by atoms with Crippen LogP contribution in [0.5, 0.6) is 0 Å². The lowest BCUT2D eigenvalue weighted by Gasteiger charge is -2.34. The SMILES string of the molecule is Cc1cccc(NC(=O)CSCC(=O)NCCCN2CC(C)CC(C)C2)c1. The lowest BCUT2D eigenvalue weighted by Crippen LogP contribution is -2.40. The Labute approximate surface area is 167 Å². The van der Waals surface area contributed by atoms with Gasteiger partial charge >= 0.3 is 0 Å². The van der Waals surface area contributed by atoms with Crippen LogP contribution in [-0.2, 0) is 9.59 Å². The lowest BCUT2D eigenvalue weighted by molar-refractivity contribution is -0.118. The number of likely N-dealkylation sites (tertiary alicyclic amines) is 1. The molecule has 2 amide bonds. The van der Waals surface area contributed by atoms with E-state index in [-0.39, 0.29) is 17.6 Å². The van der Waals surface area contributed by atoms with E-state index in [1.807, 2.05) is 31.2 Å². The highest BCUT2D eigenvalue weighted by molar-refractivity contribution is 8.00. The van der Waals surface area contributed by atoms with Crippen molar-refractivity contribution in [2.75, 3.05) is 43.0 Å². The van der Waals surface area contributed by atoms with E-state index < -0.39 is 0 Å². The number of carbonyl (C=O) groups is 2. The number of hydrogen-bond donors (Lipinski definition) is 2. The largest absolute Gasteiger partial charge is 0.355 e. The quantitative estimate of drug-likeness (QED) is 0.635. The van der Waals surface area contributed by atoms with Crippen LogP contribution in [0.2, 0.25) is 0 Å². The number of nitrogens with one attached hydrogen (secondary N) is 2. The van der Waals surface area contributed by atoms with Gasteiger partial charge in [0.2, 0.25) is 11.8 Å². The summed E-state index contributed by atoms with van der Waals surface area (Å²) in [6, 6.07) is 7.70. The van der Waals surface area contributed by atoms with Gasteiger partial charge in [-0.25, -0.2) is 0 Å². The predicted octanol–water partition coefficient (Wildman–Crippen LogP) is 3.15. The second-order valence-electron chi connectivity index (χ2n) is 7.82. The summed E-state index contributed by atoms with van der Waals surface area (Å²) >= 11 is 1.35. The molecular weight excluding hydrogens is 358 g/mol. The summed E-state index contributed by atoms with van der Waals surface area (Å²) in [4.78, 5) is 26.3. The van der Waals surface area contributed by atoms with Gasteiger partial charge in [0.25, 0.3) is 0 Å². The van der Waals surface area contributed by atoms with E-state index in [1.165, 1.54) is 31.3 Å². The van der Waals surface area contributed by atoms with Gasteiger partial charge in [-0.05, 0) is 55.8 Å². The average Bonchev–Trinajstić information content (AvgIpc) is 2.58. The molecule has 2 rings (SSSR count). The summed E-state index contributed by atoms with van der Waals surface area (Å²) in [6.07, 6.45) is 2.30. The number of hydrogen-bond acceptors (Lipinski definition) is 4. The van der Waals surface area contributed by atoms with Crippen LogP contribution < -0.4 is 10.6 Å². The number of benzene rings is 1. The molecule has 2 unspecified atom stereocenters. The Balaban J connectivity index is 1.52. The molecule has 1 heterocycles. The average molecular weight is 392 g/mol. The fourth-order valence-electron chi connectivity index (χ4n) is 3.71. The van der Waals surface area contributed by atoms with E-state index in [0.29, 0.717) is 12.3 Å². The maximum atomic E-state index is 11.9. The summed E-state index contributed by atoms with van der Waals surface area (Å²) in [5, 5.41) is 5.81. The number of rotatable bonds is 9. The third-order valence-electron chi connectivity index (χ3n) is 4.69. The number of thioether (sulfide) groups is 1. The van der Waals surface area contributed by atoms with Gasteiger partial charge in [-0.1, -0.05) is 26.0 Å². The van der Waals surface area contributed by atoms with Crippen molar-refractivity contribution >= 4 is 29.3 Å². The zero-order chi connectivity index (χ0) is 19.6. The van der Waals surface area contributed by atoms with Crippen LogP contribution in [0, 0.1) is 18.8 Å². The molecule has 6 heteroatoms. The smallest absolute Gasteiger partial charge is 0.234 e. The molecule has 0 saturated carbocycles. The molecule has 2 atom stereocenters. The van der Waals surface area contributed by atoms with Gasteiger partial charge in [-0.15, -0.1) is 11.8 Å². The van der Waals surface area contributed by atoms with E-state index in [2.05, 4.69) is 29.4 Å². The van der Waals surface area contributed by atoms with Crippen LogP contribution >= 0.6 is 11.8 Å². The molecule has 0 spiro atoms. The van der Waals surface area contributed by atoms with Crippen LogP contribution in [0.3, 0.4) is 0 Å². The van der Waals surface area contributed by atoms with Crippen molar-refractivity contribution in [3.63, 3.8) is 0 Å². The Hall–Kier alpha value is -1.53. The van der Waals surface area contributed by atoms with Crippen molar-refractivity contribution in [2.45, 2.75) is 33.6 Å². The van der Waals surface area contributed by atoms with Crippen LogP contribution in [-0.4, -0.2) is 54.4 Å². The molecule has 27 heavy (non-hydrogen) atoms. The van der Waals surface area contributed by atoms with Gasteiger partial charge in [-0.2, -0.15) is 0 Å². The number of amides is 2. The molecule has 1 aromatic rings. The molecule has 0 radical (unpaired) electrons. The molecule has 1 fully saturated rings. The molecule has 1 saturated heterocycles. The van der Waals surface area contributed by atoms with E-state index in [0.717, 1.165) is 36.1 Å². The Morgan fingerprint density at radius 3 is 2.56 bits per heavy atom. The Morgan fingerprint density at radius 2 is 1.85 bits per heavy atom. The molecule has 1 aliphatic rings. The highest BCUT2D eigenvalue weighted by Crippen LogP contribution is 2.20. The molecular formula is C21H33N3O2S. The van der Waals surface area contributed by atoms with Crippen LogP contribution in [0.15, 0.2) is 24.3 Å². The van der Waals surface area contributed by atoms with Crippen molar-refractivity contribution in [1.82, 2.24) is 10.2 Å². The van der Waals surface area contributed by atoms with Gasteiger partial charge in [0.05, 0.1) is 11.5 Å². The summed E-state index contributed by atoms with van der Waals surface area (Å²) < 4.78 is 0. The Bertz CT molecular complexity index is 613. The maximum absolute atomic E-state index is 11.9. The van der Waals surface area contributed by atoms with Crippen molar-refractivity contribution in [1.29, 1.82) is 0 Å². The Kier molecular flexibility index (Phi) is 9.15. The second-order valence-corrected chi connectivity index (χ2v) is 8.81. The van der Waals surface area contributed by atoms with Gasteiger partial charge in [0.15, 0.2) is 0 Å². The van der Waals surface area contributed by atoms with E-state index >= 15 is 0 Å². The van der Waals surface area contributed by atoms with E-state index in [4.69, 9.17) is 0 Å². The van der Waals surface area contributed by atoms with Crippen molar-refractivity contribution in [3.05, 3.63) is 29.8 Å². The minimum Gasteiger partial charge on any atom is -0.355 e. The van der Waals surface area contributed by atoms with Crippen LogP contribution in [0.4, 0.5) is 5.69 Å². The number of aryl methyl sites for hydroxylation is 1. The topological polar surface area (TPSA) is 61.4 Å². The highest BCUT2D eigenvalue weighted by Gasteiger charge is 2.21. The molecule has 0 bridgehead atoms. The molecule has 150 valence electrons. The van der Waals surface area contributed by atoms with E-state index in [9.17, 15) is 9.59 Å². The number of anilines is 1. The van der Waals surface area contributed by atoms with E-state index in [1.54, 1.807) is 0 Å². The van der Waals surface area contributed by atoms with Crippen LogP contribution in [0.1, 0.15) is 32.3 Å². The number of carbonyl (C=O) groups excluding carboxylic acids is 2. The predicted molar refractivity (Wildman–Crippen MR) is 114 cm³/mol. The van der Waals surface area contributed by atoms with Gasteiger partial charge in [-0.3, -0.25) is 9.59 Å². The standard InChI is InChI=1S/C21H33N3O2S/c1-16-6-4-7-19(11-16)23-21(26)15-27-14-20(25)22-8-5-9-24-12-17(2)10-18(3)13-24/h4,6-7,11,17-18H,5,8-10,12-15H2,1-3H3,(H,22,25)(H,23,26). The normalized spacial score (nSPS) is 20.3.